The molecule has 3 aromatic rings. The second kappa shape index (κ2) is 10.8. The zero-order valence-corrected chi connectivity index (χ0v) is 18.7. The molecule has 3 aromatic carbocycles. The van der Waals surface area contributed by atoms with Gasteiger partial charge in [-0.2, -0.15) is 5.26 Å². The number of hydrogen-bond acceptors (Lipinski definition) is 8. The van der Waals surface area contributed by atoms with Crippen LogP contribution in [0.1, 0.15) is 5.56 Å². The molecule has 0 radical (unpaired) electrons. The lowest BCUT2D eigenvalue weighted by Crippen LogP contribution is -2.13. The van der Waals surface area contributed by atoms with Gasteiger partial charge >= 0.3 is 5.69 Å². The molecule has 0 spiro atoms. The average molecular weight is 495 g/mol. The molecule has 11 nitrogen and oxygen atoms in total. The van der Waals surface area contributed by atoms with Crippen LogP contribution in [0.4, 0.5) is 17.1 Å². The van der Waals surface area contributed by atoms with Crippen molar-refractivity contribution in [3.05, 3.63) is 97.1 Å². The number of nitrogens with one attached hydrogen (secondary N) is 1. The number of carbonyl (C=O) groups is 1. The number of amides is 1. The SMILES string of the molecule is COc1ccc(/C=C(\C#N)C(=O)Nc2ccc(Cl)cc2)cc1Oc1ccc([N+](=O)[O-])cc1[N+](=O)[O-]. The second-order valence-electron chi connectivity index (χ2n) is 6.81. The van der Waals surface area contributed by atoms with Crippen molar-refractivity contribution in [2.24, 2.45) is 0 Å². The summed E-state index contributed by atoms with van der Waals surface area (Å²) in [7, 11) is 1.35. The standard InChI is InChI=1S/C23H15ClN4O7/c1-34-21-8-2-14(10-15(13-25)23(29)26-17-5-3-16(24)4-6-17)11-22(21)35-20-9-7-18(27(30)31)12-19(20)28(32)33/h2-12H,1H3,(H,26,29)/b15-10+. The summed E-state index contributed by atoms with van der Waals surface area (Å²) < 4.78 is 10.9. The van der Waals surface area contributed by atoms with E-state index in [9.17, 15) is 30.3 Å². The summed E-state index contributed by atoms with van der Waals surface area (Å²) in [6.45, 7) is 0. The minimum Gasteiger partial charge on any atom is -0.493 e. The Morgan fingerprint density at radius 1 is 1.00 bits per heavy atom. The molecule has 3 rings (SSSR count). The van der Waals surface area contributed by atoms with Crippen molar-refractivity contribution in [2.45, 2.75) is 0 Å². The Kier molecular flexibility index (Phi) is 7.60. The van der Waals surface area contributed by atoms with Crippen molar-refractivity contribution in [3.8, 4) is 23.3 Å². The summed E-state index contributed by atoms with van der Waals surface area (Å²) in [4.78, 5) is 33.3. The molecule has 0 fully saturated rings. The molecule has 0 saturated heterocycles. The van der Waals surface area contributed by atoms with E-state index in [1.165, 1.54) is 25.3 Å². The van der Waals surface area contributed by atoms with Gasteiger partial charge in [0.25, 0.3) is 11.6 Å². The van der Waals surface area contributed by atoms with Crippen molar-refractivity contribution in [2.75, 3.05) is 12.4 Å². The Balaban J connectivity index is 1.93. The van der Waals surface area contributed by atoms with Gasteiger partial charge in [0.05, 0.1) is 23.0 Å². The van der Waals surface area contributed by atoms with Gasteiger partial charge in [-0.15, -0.1) is 0 Å². The number of methoxy groups -OCH3 is 1. The first-order valence-electron chi connectivity index (χ1n) is 9.69. The number of anilines is 1. The van der Waals surface area contributed by atoms with E-state index in [-0.39, 0.29) is 22.8 Å². The zero-order valence-electron chi connectivity index (χ0n) is 17.9. The molecule has 12 heteroatoms. The molecular weight excluding hydrogens is 480 g/mol. The van der Waals surface area contributed by atoms with Gasteiger partial charge in [0.15, 0.2) is 11.5 Å². The minimum atomic E-state index is -0.812. The second-order valence-corrected chi connectivity index (χ2v) is 7.25. The fourth-order valence-corrected chi connectivity index (χ4v) is 3.00. The summed E-state index contributed by atoms with van der Waals surface area (Å²) in [5, 5.41) is 34.9. The number of nitro groups is 2. The summed E-state index contributed by atoms with van der Waals surface area (Å²) in [5.41, 5.74) is -0.532. The van der Waals surface area contributed by atoms with E-state index in [0.29, 0.717) is 16.3 Å². The summed E-state index contributed by atoms with van der Waals surface area (Å²) in [6.07, 6.45) is 1.29. The fourth-order valence-electron chi connectivity index (χ4n) is 2.88. The summed E-state index contributed by atoms with van der Waals surface area (Å²) >= 11 is 5.83. The van der Waals surface area contributed by atoms with Crippen LogP contribution in [0.25, 0.3) is 6.08 Å². The van der Waals surface area contributed by atoms with E-state index < -0.39 is 27.1 Å². The monoisotopic (exact) mass is 494 g/mol. The number of ether oxygens (including phenoxy) is 2. The normalized spacial score (nSPS) is 10.7. The number of non-ortho nitro benzene ring substituents is 1. The molecule has 176 valence electrons. The van der Waals surface area contributed by atoms with Crippen LogP contribution < -0.4 is 14.8 Å². The van der Waals surface area contributed by atoms with E-state index in [1.807, 2.05) is 6.07 Å². The van der Waals surface area contributed by atoms with E-state index in [1.54, 1.807) is 30.3 Å². The van der Waals surface area contributed by atoms with Gasteiger partial charge < -0.3 is 14.8 Å². The highest BCUT2D eigenvalue weighted by molar-refractivity contribution is 6.30. The highest BCUT2D eigenvalue weighted by atomic mass is 35.5. The Morgan fingerprint density at radius 3 is 2.29 bits per heavy atom. The van der Waals surface area contributed by atoms with Gasteiger partial charge in [0, 0.05) is 16.8 Å². The molecule has 0 bridgehead atoms. The Bertz CT molecular complexity index is 1380. The maximum Gasteiger partial charge on any atom is 0.318 e. The van der Waals surface area contributed by atoms with Gasteiger partial charge in [0.1, 0.15) is 11.6 Å². The first-order valence-corrected chi connectivity index (χ1v) is 10.1. The van der Waals surface area contributed by atoms with E-state index in [0.717, 1.165) is 18.2 Å². The molecule has 35 heavy (non-hydrogen) atoms. The molecule has 0 aliphatic heterocycles. The lowest BCUT2D eigenvalue weighted by Gasteiger charge is -2.11. The van der Waals surface area contributed by atoms with E-state index in [4.69, 9.17) is 21.1 Å². The summed E-state index contributed by atoms with van der Waals surface area (Å²) in [6, 6.07) is 15.5. The van der Waals surface area contributed by atoms with Crippen molar-refractivity contribution < 1.29 is 24.1 Å². The van der Waals surface area contributed by atoms with Crippen LogP contribution in [-0.2, 0) is 4.79 Å². The molecule has 1 amide bonds. The molecule has 0 aliphatic rings. The smallest absolute Gasteiger partial charge is 0.318 e. The lowest BCUT2D eigenvalue weighted by molar-refractivity contribution is -0.394. The number of carbonyl (C=O) groups excluding carboxylic acids is 1. The largest absolute Gasteiger partial charge is 0.493 e. The first-order chi connectivity index (χ1) is 16.7. The molecule has 0 unspecified atom stereocenters. The van der Waals surface area contributed by atoms with Crippen molar-refractivity contribution in [1.82, 2.24) is 0 Å². The van der Waals surface area contributed by atoms with Crippen molar-refractivity contribution in [3.63, 3.8) is 0 Å². The maximum atomic E-state index is 12.5. The van der Waals surface area contributed by atoms with Crippen molar-refractivity contribution >= 4 is 40.6 Å². The fraction of sp³-hybridized carbons (Fsp3) is 0.0435. The Labute approximate surface area is 203 Å². The predicted octanol–water partition coefficient (Wildman–Crippen LogP) is 5.50. The average Bonchev–Trinajstić information content (AvgIpc) is 2.84. The van der Waals surface area contributed by atoms with Gasteiger partial charge in [-0.05, 0) is 54.1 Å². The van der Waals surface area contributed by atoms with Crippen LogP contribution in [0.5, 0.6) is 17.2 Å². The van der Waals surface area contributed by atoms with Crippen LogP contribution in [0, 0.1) is 31.6 Å². The van der Waals surface area contributed by atoms with E-state index in [2.05, 4.69) is 5.32 Å². The minimum absolute atomic E-state index is 0.0219. The number of nitriles is 1. The van der Waals surface area contributed by atoms with Gasteiger partial charge in [0.2, 0.25) is 5.75 Å². The van der Waals surface area contributed by atoms with E-state index >= 15 is 0 Å². The Morgan fingerprint density at radius 2 is 1.69 bits per heavy atom. The highest BCUT2D eigenvalue weighted by Gasteiger charge is 2.22. The lowest BCUT2D eigenvalue weighted by atomic mass is 10.1. The zero-order chi connectivity index (χ0) is 25.5. The molecule has 0 heterocycles. The van der Waals surface area contributed by atoms with Gasteiger partial charge in [-0.25, -0.2) is 0 Å². The summed E-state index contributed by atoms with van der Waals surface area (Å²) in [5.74, 6) is -0.715. The van der Waals surface area contributed by atoms with Crippen LogP contribution in [-0.4, -0.2) is 22.9 Å². The third-order valence-electron chi connectivity index (χ3n) is 4.54. The third kappa shape index (κ3) is 6.10. The molecule has 0 atom stereocenters. The maximum absolute atomic E-state index is 12.5. The van der Waals surface area contributed by atoms with Crippen molar-refractivity contribution in [1.29, 1.82) is 5.26 Å². The predicted molar refractivity (Wildman–Crippen MR) is 126 cm³/mol. The molecule has 0 aliphatic carbocycles. The van der Waals surface area contributed by atoms with Crippen LogP contribution in [0.3, 0.4) is 0 Å². The number of hydrogen-bond donors (Lipinski definition) is 1. The number of nitro benzene ring substituents is 2. The molecule has 0 aromatic heterocycles. The van der Waals surface area contributed by atoms with Crippen LogP contribution >= 0.6 is 11.6 Å². The molecule has 0 saturated carbocycles. The van der Waals surface area contributed by atoms with Gasteiger partial charge in [-0.3, -0.25) is 25.0 Å². The molecular formula is C23H15ClN4O7. The quantitative estimate of drug-likeness (QED) is 0.186. The van der Waals surface area contributed by atoms with Crippen LogP contribution in [0.2, 0.25) is 5.02 Å². The van der Waals surface area contributed by atoms with Crippen LogP contribution in [0.15, 0.2) is 66.2 Å². The Hall–Kier alpha value is -4.95. The highest BCUT2D eigenvalue weighted by Crippen LogP contribution is 2.38. The number of halogens is 1. The third-order valence-corrected chi connectivity index (χ3v) is 4.79. The number of benzene rings is 3. The number of rotatable bonds is 8. The first kappa shape index (κ1) is 24.7. The topological polar surface area (TPSA) is 158 Å². The number of nitrogens with zero attached hydrogens (tertiary/aromatic N) is 3. The van der Waals surface area contributed by atoms with Gasteiger partial charge in [-0.1, -0.05) is 17.7 Å². The molecule has 1 N–H and O–H groups in total.